The normalized spacial score (nSPS) is 25.9. The van der Waals surface area contributed by atoms with Crippen LogP contribution in [0.4, 0.5) is 4.79 Å². The number of nitrogens with one attached hydrogen (secondary N) is 1. The molecule has 1 aliphatic rings. The number of urea groups is 1. The van der Waals surface area contributed by atoms with E-state index in [1.165, 1.54) is 13.8 Å². The first-order chi connectivity index (χ1) is 7.16. The zero-order chi connectivity index (χ0) is 12.7. The van der Waals surface area contributed by atoms with Crippen molar-refractivity contribution in [1.82, 2.24) is 10.2 Å². The highest BCUT2D eigenvalue weighted by atomic mass is 16.4. The Labute approximate surface area is 93.6 Å². The van der Waals surface area contributed by atoms with E-state index >= 15 is 0 Å². The zero-order valence-corrected chi connectivity index (χ0v) is 9.83. The molecule has 0 aromatic heterocycles. The predicted octanol–water partition coefficient (Wildman–Crippen LogP) is 0.570. The Bertz CT molecular complexity index is 364. The number of hydrogen-bond donors (Lipinski definition) is 2. The van der Waals surface area contributed by atoms with Crippen molar-refractivity contribution in [2.75, 3.05) is 0 Å². The maximum absolute atomic E-state index is 12.0. The Morgan fingerprint density at radius 1 is 1.50 bits per heavy atom. The number of amides is 3. The summed E-state index contributed by atoms with van der Waals surface area (Å²) in [6.07, 6.45) is 0.420. The van der Waals surface area contributed by atoms with E-state index in [0.29, 0.717) is 6.42 Å². The molecule has 6 nitrogen and oxygen atoms in total. The van der Waals surface area contributed by atoms with Gasteiger partial charge in [0.15, 0.2) is 0 Å². The smallest absolute Gasteiger partial charge is 0.329 e. The molecule has 1 rings (SSSR count). The lowest BCUT2D eigenvalue weighted by Crippen LogP contribution is -2.54. The molecular weight excluding hydrogens is 212 g/mol. The number of hydrogen-bond acceptors (Lipinski definition) is 3. The van der Waals surface area contributed by atoms with Gasteiger partial charge in [-0.2, -0.15) is 0 Å². The SMILES string of the molecule is CCC1(C)NC(=O)N(C(C)(C)C(=O)O)C1=O. The van der Waals surface area contributed by atoms with Crippen molar-refractivity contribution in [3.8, 4) is 0 Å². The van der Waals surface area contributed by atoms with E-state index < -0.39 is 29.0 Å². The van der Waals surface area contributed by atoms with Crippen LogP contribution in [0, 0.1) is 0 Å². The second-order valence-electron chi connectivity index (χ2n) is 4.62. The lowest BCUT2D eigenvalue weighted by atomic mass is 9.96. The van der Waals surface area contributed by atoms with Gasteiger partial charge in [0.1, 0.15) is 11.1 Å². The molecule has 0 radical (unpaired) electrons. The molecule has 0 bridgehead atoms. The minimum atomic E-state index is -1.53. The number of aliphatic carboxylic acids is 1. The Morgan fingerprint density at radius 2 is 2.00 bits per heavy atom. The topological polar surface area (TPSA) is 86.7 Å². The third kappa shape index (κ3) is 1.54. The maximum Gasteiger partial charge on any atom is 0.329 e. The summed E-state index contributed by atoms with van der Waals surface area (Å²) in [6, 6.07) is -0.651. The van der Waals surface area contributed by atoms with E-state index in [1.807, 2.05) is 0 Å². The molecule has 16 heavy (non-hydrogen) atoms. The van der Waals surface area contributed by atoms with Crippen LogP contribution in [0.25, 0.3) is 0 Å². The molecule has 1 saturated heterocycles. The Hall–Kier alpha value is -1.59. The van der Waals surface area contributed by atoms with E-state index in [9.17, 15) is 14.4 Å². The Morgan fingerprint density at radius 3 is 2.31 bits per heavy atom. The van der Waals surface area contributed by atoms with Gasteiger partial charge in [0, 0.05) is 0 Å². The summed E-state index contributed by atoms with van der Waals surface area (Å²) in [5, 5.41) is 11.5. The van der Waals surface area contributed by atoms with E-state index in [0.717, 1.165) is 4.90 Å². The number of nitrogens with zero attached hydrogens (tertiary/aromatic N) is 1. The second kappa shape index (κ2) is 3.47. The van der Waals surface area contributed by atoms with Crippen LogP contribution in [0.2, 0.25) is 0 Å². The van der Waals surface area contributed by atoms with E-state index in [-0.39, 0.29) is 0 Å². The standard InChI is InChI=1S/C10H16N2O4/c1-5-10(4)6(13)12(8(16)11-10)9(2,3)7(14)15/h5H2,1-4H3,(H,11,16)(H,14,15). The fourth-order valence-electron chi connectivity index (χ4n) is 1.53. The molecule has 3 amide bonds. The highest BCUT2D eigenvalue weighted by Crippen LogP contribution is 2.27. The Kier molecular flexibility index (Phi) is 2.70. The predicted molar refractivity (Wildman–Crippen MR) is 55.8 cm³/mol. The van der Waals surface area contributed by atoms with E-state index in [2.05, 4.69) is 5.32 Å². The molecule has 1 unspecified atom stereocenters. The van der Waals surface area contributed by atoms with Crippen molar-refractivity contribution in [3.05, 3.63) is 0 Å². The van der Waals surface area contributed by atoms with Crippen LogP contribution in [0.3, 0.4) is 0 Å². The van der Waals surface area contributed by atoms with Gasteiger partial charge in [0.25, 0.3) is 5.91 Å². The van der Waals surface area contributed by atoms with E-state index in [1.54, 1.807) is 13.8 Å². The highest BCUT2D eigenvalue weighted by Gasteiger charge is 2.54. The van der Waals surface area contributed by atoms with Crippen LogP contribution < -0.4 is 5.32 Å². The van der Waals surface area contributed by atoms with Crippen LogP contribution in [0.5, 0.6) is 0 Å². The largest absolute Gasteiger partial charge is 0.480 e. The molecule has 0 aromatic carbocycles. The first-order valence-corrected chi connectivity index (χ1v) is 5.07. The van der Waals surface area contributed by atoms with Crippen LogP contribution >= 0.6 is 0 Å². The van der Waals surface area contributed by atoms with Crippen molar-refractivity contribution in [1.29, 1.82) is 0 Å². The number of carbonyl (C=O) groups is 3. The average molecular weight is 228 g/mol. The maximum atomic E-state index is 12.0. The molecule has 1 aliphatic heterocycles. The molecule has 0 saturated carbocycles. The first-order valence-electron chi connectivity index (χ1n) is 5.07. The van der Waals surface area contributed by atoms with Gasteiger partial charge in [0.05, 0.1) is 0 Å². The van der Waals surface area contributed by atoms with Gasteiger partial charge in [-0.1, -0.05) is 6.92 Å². The monoisotopic (exact) mass is 228 g/mol. The summed E-state index contributed by atoms with van der Waals surface area (Å²) in [5.74, 6) is -1.70. The van der Waals surface area contributed by atoms with Crippen molar-refractivity contribution in [2.45, 2.75) is 45.2 Å². The number of imide groups is 1. The van der Waals surface area contributed by atoms with Gasteiger partial charge in [-0.25, -0.2) is 14.5 Å². The van der Waals surface area contributed by atoms with Gasteiger partial charge in [-0.15, -0.1) is 0 Å². The average Bonchev–Trinajstić information content (AvgIpc) is 2.38. The number of carbonyl (C=O) groups excluding carboxylic acids is 2. The zero-order valence-electron chi connectivity index (χ0n) is 9.83. The summed E-state index contributed by atoms with van der Waals surface area (Å²) in [7, 11) is 0. The fraction of sp³-hybridized carbons (Fsp3) is 0.700. The molecule has 1 atom stereocenters. The van der Waals surface area contributed by atoms with Crippen LogP contribution in [0.15, 0.2) is 0 Å². The highest BCUT2D eigenvalue weighted by molar-refractivity contribution is 6.10. The summed E-state index contributed by atoms with van der Waals surface area (Å²) in [5.41, 5.74) is -2.53. The third-order valence-electron chi connectivity index (χ3n) is 3.05. The van der Waals surface area contributed by atoms with Gasteiger partial charge >= 0.3 is 12.0 Å². The molecule has 1 heterocycles. The van der Waals surface area contributed by atoms with Crippen LogP contribution in [-0.2, 0) is 9.59 Å². The molecular formula is C10H16N2O4. The van der Waals surface area contributed by atoms with Gasteiger partial charge in [-0.05, 0) is 27.2 Å². The number of carboxylic acid groups (broad SMARTS) is 1. The minimum Gasteiger partial charge on any atom is -0.480 e. The lowest BCUT2D eigenvalue weighted by molar-refractivity contribution is -0.153. The van der Waals surface area contributed by atoms with Crippen molar-refractivity contribution >= 4 is 17.9 Å². The first kappa shape index (κ1) is 12.5. The minimum absolute atomic E-state index is 0.420. The molecule has 0 aromatic rings. The molecule has 6 heteroatoms. The molecule has 1 fully saturated rings. The summed E-state index contributed by atoms with van der Waals surface area (Å²) in [4.78, 5) is 35.4. The fourth-order valence-corrected chi connectivity index (χ4v) is 1.53. The van der Waals surface area contributed by atoms with Gasteiger partial charge in [0.2, 0.25) is 0 Å². The van der Waals surface area contributed by atoms with Crippen LogP contribution in [0.1, 0.15) is 34.1 Å². The third-order valence-corrected chi connectivity index (χ3v) is 3.05. The van der Waals surface area contributed by atoms with Crippen molar-refractivity contribution in [2.24, 2.45) is 0 Å². The van der Waals surface area contributed by atoms with Crippen molar-refractivity contribution in [3.63, 3.8) is 0 Å². The summed E-state index contributed by atoms with van der Waals surface area (Å²) in [6.45, 7) is 6.00. The summed E-state index contributed by atoms with van der Waals surface area (Å²) < 4.78 is 0. The molecule has 90 valence electrons. The van der Waals surface area contributed by atoms with Crippen molar-refractivity contribution < 1.29 is 19.5 Å². The Balaban J connectivity index is 3.14. The number of carboxylic acids is 1. The molecule has 0 aliphatic carbocycles. The summed E-state index contributed by atoms with van der Waals surface area (Å²) >= 11 is 0. The lowest BCUT2D eigenvalue weighted by Gasteiger charge is -2.29. The van der Waals surface area contributed by atoms with Crippen LogP contribution in [-0.4, -0.2) is 39.0 Å². The second-order valence-corrected chi connectivity index (χ2v) is 4.62. The van der Waals surface area contributed by atoms with Gasteiger partial charge in [-0.3, -0.25) is 4.79 Å². The number of rotatable bonds is 3. The molecule has 2 N–H and O–H groups in total. The quantitative estimate of drug-likeness (QED) is 0.691. The van der Waals surface area contributed by atoms with E-state index in [4.69, 9.17) is 5.11 Å². The molecule has 0 spiro atoms. The van der Waals surface area contributed by atoms with Gasteiger partial charge < -0.3 is 10.4 Å².